The third kappa shape index (κ3) is 2.92. The van der Waals surface area contributed by atoms with Crippen LogP contribution in [0.25, 0.3) is 5.57 Å². The number of hydrogen-bond donors (Lipinski definition) is 1. The number of rotatable bonds is 6. The number of ketones is 1. The Hall–Kier alpha value is -1.90. The van der Waals surface area contributed by atoms with Gasteiger partial charge in [-0.3, -0.25) is 9.59 Å². The van der Waals surface area contributed by atoms with E-state index in [0.717, 1.165) is 30.4 Å². The number of carbonyl (C=O) groups excluding carboxylic acids is 2. The van der Waals surface area contributed by atoms with Gasteiger partial charge in [0.1, 0.15) is 0 Å². The van der Waals surface area contributed by atoms with Gasteiger partial charge in [0.25, 0.3) is 0 Å². The molecule has 1 aromatic rings. The van der Waals surface area contributed by atoms with Gasteiger partial charge in [0, 0.05) is 12.0 Å². The van der Waals surface area contributed by atoms with Crippen LogP contribution in [-0.2, 0) is 4.79 Å². The zero-order valence-corrected chi connectivity index (χ0v) is 13.0. The molecule has 1 aromatic carbocycles. The van der Waals surface area contributed by atoms with Gasteiger partial charge in [0.05, 0.1) is 5.70 Å². The van der Waals surface area contributed by atoms with E-state index in [4.69, 9.17) is 0 Å². The van der Waals surface area contributed by atoms with E-state index in [0.29, 0.717) is 23.6 Å². The molecule has 1 N–H and O–H groups in total. The monoisotopic (exact) mass is 285 g/mol. The molecule has 0 bridgehead atoms. The third-order valence-corrected chi connectivity index (χ3v) is 4.09. The predicted molar refractivity (Wildman–Crippen MR) is 84.8 cm³/mol. The predicted octanol–water partition coefficient (Wildman–Crippen LogP) is 3.95. The summed E-state index contributed by atoms with van der Waals surface area (Å²) in [6.07, 6.45) is 3.14. The molecule has 1 amide bonds. The van der Waals surface area contributed by atoms with Crippen LogP contribution < -0.4 is 5.32 Å². The van der Waals surface area contributed by atoms with Crippen molar-refractivity contribution in [2.45, 2.75) is 46.5 Å². The highest BCUT2D eigenvalue weighted by Gasteiger charge is 2.33. The molecule has 112 valence electrons. The fraction of sp³-hybridized carbons (Fsp3) is 0.444. The summed E-state index contributed by atoms with van der Waals surface area (Å²) >= 11 is 0. The number of benzene rings is 1. The summed E-state index contributed by atoms with van der Waals surface area (Å²) in [6, 6.07) is 7.66. The molecule has 21 heavy (non-hydrogen) atoms. The SMILES string of the molecule is CCCC(=O)NC1=C(C(CC)CC)c2ccccc2C1=O. The lowest BCUT2D eigenvalue weighted by molar-refractivity contribution is -0.120. The first-order valence-electron chi connectivity index (χ1n) is 7.82. The second-order valence-corrected chi connectivity index (χ2v) is 5.47. The van der Waals surface area contributed by atoms with Crippen molar-refractivity contribution < 1.29 is 9.59 Å². The molecule has 0 heterocycles. The van der Waals surface area contributed by atoms with Crippen LogP contribution in [0.15, 0.2) is 30.0 Å². The van der Waals surface area contributed by atoms with Crippen LogP contribution in [0.1, 0.15) is 62.4 Å². The van der Waals surface area contributed by atoms with Crippen molar-refractivity contribution in [3.63, 3.8) is 0 Å². The Kier molecular flexibility index (Phi) is 4.94. The number of allylic oxidation sites excluding steroid dienone is 2. The molecule has 0 saturated carbocycles. The lowest BCUT2D eigenvalue weighted by Gasteiger charge is -2.17. The van der Waals surface area contributed by atoms with E-state index < -0.39 is 0 Å². The molecule has 1 aliphatic carbocycles. The number of amides is 1. The van der Waals surface area contributed by atoms with E-state index in [9.17, 15) is 9.59 Å². The van der Waals surface area contributed by atoms with Crippen LogP contribution in [0.2, 0.25) is 0 Å². The number of fused-ring (bicyclic) bond motifs is 1. The summed E-state index contributed by atoms with van der Waals surface area (Å²) < 4.78 is 0. The first-order chi connectivity index (χ1) is 10.1. The molecule has 2 rings (SSSR count). The summed E-state index contributed by atoms with van der Waals surface area (Å²) in [5.74, 6) is 0.184. The Morgan fingerprint density at radius 3 is 2.29 bits per heavy atom. The number of nitrogens with one attached hydrogen (secondary N) is 1. The summed E-state index contributed by atoms with van der Waals surface area (Å²) in [6.45, 7) is 6.21. The average molecular weight is 285 g/mol. The van der Waals surface area contributed by atoms with Gasteiger partial charge in [-0.25, -0.2) is 0 Å². The quantitative estimate of drug-likeness (QED) is 0.860. The van der Waals surface area contributed by atoms with Crippen molar-refractivity contribution >= 4 is 17.3 Å². The maximum Gasteiger partial charge on any atom is 0.224 e. The van der Waals surface area contributed by atoms with Crippen molar-refractivity contribution in [3.8, 4) is 0 Å². The largest absolute Gasteiger partial charge is 0.323 e. The van der Waals surface area contributed by atoms with Crippen molar-refractivity contribution in [3.05, 3.63) is 41.1 Å². The van der Waals surface area contributed by atoms with Gasteiger partial charge < -0.3 is 5.32 Å². The van der Waals surface area contributed by atoms with E-state index in [1.807, 2.05) is 31.2 Å². The van der Waals surface area contributed by atoms with Gasteiger partial charge in [-0.1, -0.05) is 45.0 Å². The van der Waals surface area contributed by atoms with Crippen LogP contribution in [0.5, 0.6) is 0 Å². The number of Topliss-reactive ketones (excluding diaryl/α,β-unsaturated/α-hetero) is 1. The van der Waals surface area contributed by atoms with Crippen LogP contribution in [0.4, 0.5) is 0 Å². The number of carbonyl (C=O) groups is 2. The zero-order chi connectivity index (χ0) is 15.4. The van der Waals surface area contributed by atoms with E-state index in [-0.39, 0.29) is 11.7 Å². The summed E-state index contributed by atoms with van der Waals surface area (Å²) in [5.41, 5.74) is 3.22. The molecule has 0 unspecified atom stereocenters. The molecule has 3 heteroatoms. The second kappa shape index (κ2) is 6.70. The van der Waals surface area contributed by atoms with Gasteiger partial charge in [0.2, 0.25) is 11.7 Å². The van der Waals surface area contributed by atoms with Gasteiger partial charge >= 0.3 is 0 Å². The van der Waals surface area contributed by atoms with Gasteiger partial charge in [0.15, 0.2) is 0 Å². The molecular weight excluding hydrogens is 262 g/mol. The van der Waals surface area contributed by atoms with Gasteiger partial charge in [-0.15, -0.1) is 0 Å². The van der Waals surface area contributed by atoms with Gasteiger partial charge in [-0.2, -0.15) is 0 Å². The molecule has 0 aliphatic heterocycles. The van der Waals surface area contributed by atoms with Crippen molar-refractivity contribution in [2.75, 3.05) is 0 Å². The molecule has 0 saturated heterocycles. The van der Waals surface area contributed by atoms with E-state index in [1.165, 1.54) is 0 Å². The Morgan fingerprint density at radius 1 is 1.10 bits per heavy atom. The lowest BCUT2D eigenvalue weighted by atomic mass is 9.89. The normalized spacial score (nSPS) is 13.8. The summed E-state index contributed by atoms with van der Waals surface area (Å²) in [7, 11) is 0. The first kappa shape index (κ1) is 15.5. The maximum absolute atomic E-state index is 12.6. The Balaban J connectivity index is 2.47. The fourth-order valence-electron chi connectivity index (χ4n) is 2.98. The molecule has 0 fully saturated rings. The second-order valence-electron chi connectivity index (χ2n) is 5.47. The highest BCUT2D eigenvalue weighted by molar-refractivity contribution is 6.21. The topological polar surface area (TPSA) is 46.2 Å². The van der Waals surface area contributed by atoms with E-state index >= 15 is 0 Å². The molecule has 0 atom stereocenters. The summed E-state index contributed by atoms with van der Waals surface area (Å²) in [4.78, 5) is 24.6. The molecular formula is C18H23NO2. The Bertz CT molecular complexity index is 583. The highest BCUT2D eigenvalue weighted by atomic mass is 16.2. The zero-order valence-electron chi connectivity index (χ0n) is 13.0. The molecule has 0 spiro atoms. The van der Waals surface area contributed by atoms with Crippen LogP contribution in [0, 0.1) is 5.92 Å². The summed E-state index contributed by atoms with van der Waals surface area (Å²) in [5, 5.41) is 2.87. The standard InChI is InChI=1S/C18H23NO2/c1-4-9-15(20)19-17-16(12(5-2)6-3)13-10-7-8-11-14(13)18(17)21/h7-8,10-12H,4-6,9H2,1-3H3,(H,19,20,21). The minimum absolute atomic E-state index is 0.0445. The Labute approximate surface area is 126 Å². The molecule has 0 radical (unpaired) electrons. The minimum atomic E-state index is -0.0721. The average Bonchev–Trinajstić information content (AvgIpc) is 2.75. The molecule has 1 aliphatic rings. The van der Waals surface area contributed by atoms with Crippen LogP contribution in [-0.4, -0.2) is 11.7 Å². The number of hydrogen-bond acceptors (Lipinski definition) is 2. The fourth-order valence-corrected chi connectivity index (χ4v) is 2.98. The minimum Gasteiger partial charge on any atom is -0.323 e. The first-order valence-corrected chi connectivity index (χ1v) is 7.82. The smallest absolute Gasteiger partial charge is 0.224 e. The third-order valence-electron chi connectivity index (χ3n) is 4.09. The van der Waals surface area contributed by atoms with Gasteiger partial charge in [-0.05, 0) is 36.3 Å². The van der Waals surface area contributed by atoms with Crippen molar-refractivity contribution in [1.29, 1.82) is 0 Å². The van der Waals surface area contributed by atoms with Crippen molar-refractivity contribution in [1.82, 2.24) is 5.32 Å². The van der Waals surface area contributed by atoms with Crippen LogP contribution in [0.3, 0.4) is 0 Å². The highest BCUT2D eigenvalue weighted by Crippen LogP contribution is 2.39. The van der Waals surface area contributed by atoms with E-state index in [2.05, 4.69) is 19.2 Å². The molecule has 0 aromatic heterocycles. The van der Waals surface area contributed by atoms with E-state index in [1.54, 1.807) is 0 Å². The van der Waals surface area contributed by atoms with Crippen molar-refractivity contribution in [2.24, 2.45) is 5.92 Å². The van der Waals surface area contributed by atoms with Crippen LogP contribution >= 0.6 is 0 Å². The Morgan fingerprint density at radius 2 is 1.71 bits per heavy atom. The maximum atomic E-state index is 12.6. The molecule has 3 nitrogen and oxygen atoms in total. The lowest BCUT2D eigenvalue weighted by Crippen LogP contribution is -2.26.